The smallest absolute Gasteiger partial charge is 0.310 e. The van der Waals surface area contributed by atoms with Gasteiger partial charge in [-0.05, 0) is 50.1 Å². The molecule has 2 aromatic rings. The van der Waals surface area contributed by atoms with E-state index in [9.17, 15) is 14.4 Å². The molecule has 0 heterocycles. The number of hydrogen-bond donors (Lipinski definition) is 2. The van der Waals surface area contributed by atoms with E-state index in [0.29, 0.717) is 16.8 Å². The van der Waals surface area contributed by atoms with Gasteiger partial charge in [-0.15, -0.1) is 0 Å². The van der Waals surface area contributed by atoms with Crippen molar-refractivity contribution < 1.29 is 19.5 Å². The Morgan fingerprint density at radius 2 is 1.65 bits per heavy atom. The maximum atomic E-state index is 12.3. The molecule has 0 saturated heterocycles. The number of ketones is 1. The minimum atomic E-state index is -0.897. The van der Waals surface area contributed by atoms with E-state index >= 15 is 0 Å². The number of carbonyl (C=O) groups excluding carboxylic acids is 2. The van der Waals surface area contributed by atoms with Crippen molar-refractivity contribution in [2.45, 2.75) is 39.5 Å². The Morgan fingerprint density at radius 3 is 2.27 bits per heavy atom. The van der Waals surface area contributed by atoms with Crippen LogP contribution in [0.5, 0.6) is 0 Å². The lowest BCUT2D eigenvalue weighted by molar-refractivity contribution is -0.138. The molecule has 1 amide bonds. The van der Waals surface area contributed by atoms with E-state index in [1.165, 1.54) is 0 Å². The van der Waals surface area contributed by atoms with Gasteiger partial charge in [0.2, 0.25) is 5.91 Å². The molecule has 1 unspecified atom stereocenters. The minimum absolute atomic E-state index is 0.0491. The second-order valence-electron chi connectivity index (χ2n) is 6.47. The first-order valence-electron chi connectivity index (χ1n) is 8.51. The molecule has 5 heteroatoms. The first kappa shape index (κ1) is 19.4. The van der Waals surface area contributed by atoms with Crippen molar-refractivity contribution in [3.63, 3.8) is 0 Å². The summed E-state index contributed by atoms with van der Waals surface area (Å²) >= 11 is 0. The van der Waals surface area contributed by atoms with Crippen molar-refractivity contribution in [1.82, 2.24) is 0 Å². The summed E-state index contributed by atoms with van der Waals surface area (Å²) < 4.78 is 0. The summed E-state index contributed by atoms with van der Waals surface area (Å²) in [5.74, 6) is -1.80. The zero-order chi connectivity index (χ0) is 19.3. The third-order valence-electron chi connectivity index (χ3n) is 4.34. The molecule has 2 rings (SSSR count). The largest absolute Gasteiger partial charge is 0.481 e. The summed E-state index contributed by atoms with van der Waals surface area (Å²) in [5.41, 5.74) is 3.82. The first-order chi connectivity index (χ1) is 12.3. The predicted octanol–water partition coefficient (Wildman–Crippen LogP) is 4.09. The fourth-order valence-electron chi connectivity index (χ4n) is 2.62. The molecule has 2 N–H and O–H groups in total. The summed E-state index contributed by atoms with van der Waals surface area (Å²) in [5, 5.41) is 11.7. The predicted molar refractivity (Wildman–Crippen MR) is 101 cm³/mol. The van der Waals surface area contributed by atoms with Gasteiger partial charge in [0.15, 0.2) is 5.78 Å². The van der Waals surface area contributed by atoms with Crippen LogP contribution in [-0.4, -0.2) is 22.8 Å². The van der Waals surface area contributed by atoms with Gasteiger partial charge in [0.25, 0.3) is 0 Å². The van der Waals surface area contributed by atoms with Gasteiger partial charge in [-0.1, -0.05) is 29.8 Å². The fourth-order valence-corrected chi connectivity index (χ4v) is 2.62. The van der Waals surface area contributed by atoms with Crippen molar-refractivity contribution >= 4 is 23.3 Å². The van der Waals surface area contributed by atoms with E-state index in [-0.39, 0.29) is 24.5 Å². The van der Waals surface area contributed by atoms with Crippen molar-refractivity contribution in [3.8, 4) is 0 Å². The number of benzene rings is 2. The maximum Gasteiger partial charge on any atom is 0.310 e. The molecule has 0 bridgehead atoms. The average Bonchev–Trinajstić information content (AvgIpc) is 2.61. The molecular weight excluding hydrogens is 330 g/mol. The number of nitrogens with one attached hydrogen (secondary N) is 1. The Morgan fingerprint density at radius 1 is 1.00 bits per heavy atom. The summed E-state index contributed by atoms with van der Waals surface area (Å²) in [7, 11) is 0. The van der Waals surface area contributed by atoms with Crippen LogP contribution < -0.4 is 5.32 Å². The number of hydrogen-bond acceptors (Lipinski definition) is 3. The Hall–Kier alpha value is -2.95. The van der Waals surface area contributed by atoms with Crippen LogP contribution in [0.1, 0.15) is 52.7 Å². The fraction of sp³-hybridized carbons (Fsp3) is 0.286. The van der Waals surface area contributed by atoms with Gasteiger partial charge in [0.05, 0.1) is 5.92 Å². The zero-order valence-electron chi connectivity index (χ0n) is 15.2. The van der Waals surface area contributed by atoms with E-state index in [0.717, 1.165) is 11.1 Å². The molecule has 0 aromatic heterocycles. The zero-order valence-corrected chi connectivity index (χ0v) is 15.2. The van der Waals surface area contributed by atoms with Crippen LogP contribution in [0.2, 0.25) is 0 Å². The van der Waals surface area contributed by atoms with E-state index in [4.69, 9.17) is 5.11 Å². The summed E-state index contributed by atoms with van der Waals surface area (Å²) in [6.45, 7) is 5.42. The molecule has 0 saturated carbocycles. The number of carbonyl (C=O) groups is 3. The third-order valence-corrected chi connectivity index (χ3v) is 4.34. The van der Waals surface area contributed by atoms with E-state index in [1.54, 1.807) is 31.2 Å². The quantitative estimate of drug-likeness (QED) is 0.734. The molecule has 0 aliphatic heterocycles. The molecule has 136 valence electrons. The molecular formula is C21H23NO4. The maximum absolute atomic E-state index is 12.3. The highest BCUT2D eigenvalue weighted by molar-refractivity contribution is 6.01. The van der Waals surface area contributed by atoms with Gasteiger partial charge in [-0.3, -0.25) is 14.4 Å². The average molecular weight is 353 g/mol. The van der Waals surface area contributed by atoms with Crippen molar-refractivity contribution in [2.75, 3.05) is 5.32 Å². The number of carboxylic acid groups (broad SMARTS) is 1. The monoisotopic (exact) mass is 353 g/mol. The van der Waals surface area contributed by atoms with Crippen LogP contribution in [0, 0.1) is 13.8 Å². The first-order valence-corrected chi connectivity index (χ1v) is 8.51. The molecule has 1 atom stereocenters. The highest BCUT2D eigenvalue weighted by atomic mass is 16.4. The van der Waals surface area contributed by atoms with Crippen LogP contribution in [0.4, 0.5) is 5.69 Å². The van der Waals surface area contributed by atoms with E-state index in [2.05, 4.69) is 5.32 Å². The highest BCUT2D eigenvalue weighted by Crippen LogP contribution is 2.19. The second-order valence-corrected chi connectivity index (χ2v) is 6.47. The number of rotatable bonds is 7. The Labute approximate surface area is 153 Å². The Balaban J connectivity index is 1.91. The summed E-state index contributed by atoms with van der Waals surface area (Å²) in [4.78, 5) is 35.4. The van der Waals surface area contributed by atoms with E-state index in [1.807, 2.05) is 32.0 Å². The van der Waals surface area contributed by atoms with E-state index < -0.39 is 11.9 Å². The topological polar surface area (TPSA) is 83.5 Å². The van der Waals surface area contributed by atoms with Gasteiger partial charge >= 0.3 is 5.97 Å². The number of Topliss-reactive ketones (excluding diaryl/α,β-unsaturated/α-hetero) is 1. The molecule has 5 nitrogen and oxygen atoms in total. The lowest BCUT2D eigenvalue weighted by Crippen LogP contribution is -2.14. The van der Waals surface area contributed by atoms with Crippen LogP contribution in [0.3, 0.4) is 0 Å². The van der Waals surface area contributed by atoms with Crippen molar-refractivity contribution in [1.29, 1.82) is 0 Å². The van der Waals surface area contributed by atoms with Gasteiger partial charge in [0, 0.05) is 24.1 Å². The summed E-state index contributed by atoms with van der Waals surface area (Å²) in [6, 6.07) is 12.4. The van der Waals surface area contributed by atoms with Crippen molar-refractivity contribution in [2.24, 2.45) is 0 Å². The molecule has 2 aromatic carbocycles. The van der Waals surface area contributed by atoms with Crippen LogP contribution >= 0.6 is 0 Å². The van der Waals surface area contributed by atoms with Gasteiger partial charge in [0.1, 0.15) is 0 Å². The highest BCUT2D eigenvalue weighted by Gasteiger charge is 2.14. The Bertz CT molecular complexity index is 824. The third kappa shape index (κ3) is 5.02. The summed E-state index contributed by atoms with van der Waals surface area (Å²) in [6.07, 6.45) is 0.240. The van der Waals surface area contributed by atoms with Gasteiger partial charge in [-0.25, -0.2) is 0 Å². The number of carboxylic acids is 1. The lowest BCUT2D eigenvalue weighted by atomic mass is 9.99. The normalized spacial score (nSPS) is 11.7. The van der Waals surface area contributed by atoms with Crippen molar-refractivity contribution in [3.05, 3.63) is 64.7 Å². The molecule has 0 aliphatic rings. The number of aliphatic carboxylic acids is 1. The molecule has 0 spiro atoms. The van der Waals surface area contributed by atoms with Crippen LogP contribution in [0.15, 0.2) is 42.5 Å². The number of anilines is 1. The van der Waals surface area contributed by atoms with Gasteiger partial charge in [-0.2, -0.15) is 0 Å². The molecule has 0 radical (unpaired) electrons. The van der Waals surface area contributed by atoms with Crippen LogP contribution in [-0.2, 0) is 9.59 Å². The SMILES string of the molecule is Cc1ccc(C)c(C(=O)CCC(=O)Nc2ccc(C(C)C(=O)O)cc2)c1. The van der Waals surface area contributed by atoms with Crippen LogP contribution in [0.25, 0.3) is 0 Å². The lowest BCUT2D eigenvalue weighted by Gasteiger charge is -2.09. The standard InChI is InChI=1S/C21H23NO4/c1-13-4-5-14(2)18(12-13)19(23)10-11-20(24)22-17-8-6-16(7-9-17)15(3)21(25)26/h4-9,12,15H,10-11H2,1-3H3,(H,22,24)(H,25,26). The molecule has 0 fully saturated rings. The Kier molecular flexibility index (Phi) is 6.28. The minimum Gasteiger partial charge on any atom is -0.481 e. The van der Waals surface area contributed by atoms with Gasteiger partial charge < -0.3 is 10.4 Å². The molecule has 26 heavy (non-hydrogen) atoms. The number of amides is 1. The molecule has 0 aliphatic carbocycles. The number of aryl methyl sites for hydroxylation is 2. The second kappa shape index (κ2) is 8.43.